The third kappa shape index (κ3) is 3.71. The Morgan fingerprint density at radius 3 is 2.19 bits per heavy atom. The summed E-state index contributed by atoms with van der Waals surface area (Å²) in [6, 6.07) is 8.97. The minimum atomic E-state index is -3.29. The number of nitrogens with zero attached hydrogens (tertiary/aromatic N) is 1. The molecular formula is C15H15Cl2N5O3S. The van der Waals surface area contributed by atoms with Gasteiger partial charge in [-0.05, 0) is 36.4 Å². The van der Waals surface area contributed by atoms with E-state index in [2.05, 4.69) is 15.8 Å². The fourth-order valence-corrected chi connectivity index (χ4v) is 3.49. The lowest BCUT2D eigenvalue weighted by Gasteiger charge is -2.22. The lowest BCUT2D eigenvalue weighted by Crippen LogP contribution is -2.50. The van der Waals surface area contributed by atoms with Crippen LogP contribution in [-0.2, 0) is 15.6 Å². The molecule has 1 atom stereocenters. The summed E-state index contributed by atoms with van der Waals surface area (Å²) < 4.78 is 28.7. The van der Waals surface area contributed by atoms with Crippen molar-refractivity contribution >= 4 is 39.0 Å². The minimum Gasteiger partial charge on any atom is -0.454 e. The maximum absolute atomic E-state index is 11.5. The van der Waals surface area contributed by atoms with Gasteiger partial charge >= 0.3 is 0 Å². The summed E-state index contributed by atoms with van der Waals surface area (Å²) in [6.45, 7) is 0. The van der Waals surface area contributed by atoms with Crippen molar-refractivity contribution in [3.05, 3.63) is 52.0 Å². The molecule has 1 unspecified atom stereocenters. The molecule has 0 amide bonds. The number of guanidine groups is 1. The van der Waals surface area contributed by atoms with Crippen LogP contribution < -0.4 is 27.1 Å². The first-order valence-electron chi connectivity index (χ1n) is 7.23. The molecule has 1 heterocycles. The zero-order chi connectivity index (χ0) is 19.1. The Kier molecular flexibility index (Phi) is 4.76. The Morgan fingerprint density at radius 1 is 1.15 bits per heavy atom. The highest BCUT2D eigenvalue weighted by molar-refractivity contribution is 7.90. The summed E-state index contributed by atoms with van der Waals surface area (Å²) in [5.41, 5.74) is 17.5. The molecule has 3 rings (SSSR count). The molecule has 1 aliphatic rings. The van der Waals surface area contributed by atoms with Crippen molar-refractivity contribution in [1.29, 1.82) is 0 Å². The number of halogens is 2. The summed E-state index contributed by atoms with van der Waals surface area (Å²) in [7, 11) is -3.29. The fraction of sp³-hybridized carbons (Fsp3) is 0.133. The Bertz CT molecular complexity index is 972. The van der Waals surface area contributed by atoms with E-state index < -0.39 is 15.6 Å². The van der Waals surface area contributed by atoms with Crippen LogP contribution in [0.5, 0.6) is 11.5 Å². The van der Waals surface area contributed by atoms with E-state index in [-0.39, 0.29) is 26.6 Å². The van der Waals surface area contributed by atoms with Crippen molar-refractivity contribution in [1.82, 2.24) is 10.9 Å². The van der Waals surface area contributed by atoms with Gasteiger partial charge in [-0.1, -0.05) is 23.2 Å². The number of nitrogens with one attached hydrogen (secondary N) is 2. The molecule has 11 heteroatoms. The van der Waals surface area contributed by atoms with Crippen molar-refractivity contribution in [3.8, 4) is 11.5 Å². The molecule has 2 aromatic carbocycles. The van der Waals surface area contributed by atoms with Gasteiger partial charge in [-0.2, -0.15) is 5.43 Å². The van der Waals surface area contributed by atoms with Crippen LogP contribution in [0.15, 0.2) is 46.3 Å². The molecule has 138 valence electrons. The van der Waals surface area contributed by atoms with Crippen LogP contribution >= 0.6 is 23.2 Å². The summed E-state index contributed by atoms with van der Waals surface area (Å²) in [5, 5.41) is 0.402. The Hall–Kier alpha value is -2.04. The number of rotatable bonds is 4. The van der Waals surface area contributed by atoms with Crippen molar-refractivity contribution in [3.63, 3.8) is 0 Å². The molecule has 0 fully saturated rings. The van der Waals surface area contributed by atoms with E-state index >= 15 is 0 Å². The topological polar surface area (TPSA) is 132 Å². The monoisotopic (exact) mass is 415 g/mol. The normalized spacial score (nSPS) is 19.8. The summed E-state index contributed by atoms with van der Waals surface area (Å²) in [4.78, 5) is 4.23. The first kappa shape index (κ1) is 18.7. The second-order valence-corrected chi connectivity index (χ2v) is 8.46. The second kappa shape index (κ2) is 6.60. The van der Waals surface area contributed by atoms with Gasteiger partial charge in [0, 0.05) is 11.8 Å². The van der Waals surface area contributed by atoms with Gasteiger partial charge in [-0.3, -0.25) is 11.2 Å². The zero-order valence-electron chi connectivity index (χ0n) is 13.5. The maximum atomic E-state index is 11.5. The highest BCUT2D eigenvalue weighted by Crippen LogP contribution is 2.39. The van der Waals surface area contributed by atoms with Crippen LogP contribution in [0, 0.1) is 0 Å². The predicted molar refractivity (Wildman–Crippen MR) is 99.8 cm³/mol. The largest absolute Gasteiger partial charge is 0.454 e. The van der Waals surface area contributed by atoms with Gasteiger partial charge in [-0.15, -0.1) is 0 Å². The lowest BCUT2D eigenvalue weighted by molar-refractivity contribution is 0.374. The molecule has 2 aromatic rings. The summed E-state index contributed by atoms with van der Waals surface area (Å²) >= 11 is 12.6. The van der Waals surface area contributed by atoms with E-state index in [4.69, 9.17) is 39.4 Å². The molecule has 0 saturated carbocycles. The van der Waals surface area contributed by atoms with Gasteiger partial charge in [0.25, 0.3) is 0 Å². The van der Waals surface area contributed by atoms with Crippen LogP contribution in [0.3, 0.4) is 0 Å². The highest BCUT2D eigenvalue weighted by atomic mass is 35.5. The molecule has 26 heavy (non-hydrogen) atoms. The highest BCUT2D eigenvalue weighted by Gasteiger charge is 2.33. The van der Waals surface area contributed by atoms with Crippen LogP contribution in [0.25, 0.3) is 0 Å². The predicted octanol–water partition coefficient (Wildman–Crippen LogP) is 1.68. The van der Waals surface area contributed by atoms with Crippen LogP contribution in [-0.4, -0.2) is 20.6 Å². The number of nitrogens with two attached hydrogens (primary N) is 2. The van der Waals surface area contributed by atoms with Gasteiger partial charge in [0.1, 0.15) is 5.75 Å². The molecule has 6 N–H and O–H groups in total. The van der Waals surface area contributed by atoms with Gasteiger partial charge in [-0.25, -0.2) is 13.4 Å². The number of ether oxygens (including phenoxy) is 1. The molecule has 0 aliphatic carbocycles. The van der Waals surface area contributed by atoms with Gasteiger partial charge in [0.15, 0.2) is 15.6 Å². The number of hydrogen-bond donors (Lipinski definition) is 4. The van der Waals surface area contributed by atoms with E-state index in [1.54, 1.807) is 12.1 Å². The lowest BCUT2D eigenvalue weighted by atomic mass is 10.1. The van der Waals surface area contributed by atoms with Crippen molar-refractivity contribution in [2.45, 2.75) is 10.7 Å². The van der Waals surface area contributed by atoms with Gasteiger partial charge < -0.3 is 10.5 Å². The Balaban J connectivity index is 1.90. The number of benzene rings is 2. The summed E-state index contributed by atoms with van der Waals surface area (Å²) in [5.74, 6) is -0.603. The standard InChI is InChI=1S/C15H15Cl2N5O3S/c1-26(23,24)10-4-2-9(3-5-10)25-13-11(16)6-8(7-12(13)17)15(19)20-14(18)21-22-15/h2-7,22H,19H2,1H3,(H3,18,20,21). The molecule has 8 nitrogen and oxygen atoms in total. The first-order chi connectivity index (χ1) is 12.1. The molecular weight excluding hydrogens is 401 g/mol. The van der Waals surface area contributed by atoms with E-state index in [1.807, 2.05) is 0 Å². The zero-order valence-corrected chi connectivity index (χ0v) is 15.8. The fourth-order valence-electron chi connectivity index (χ4n) is 2.29. The SMILES string of the molecule is CS(=O)(=O)c1ccc(Oc2c(Cl)cc(C3(N)N=C(N)NN3)cc2Cl)cc1. The molecule has 0 radical (unpaired) electrons. The van der Waals surface area contributed by atoms with E-state index in [1.165, 1.54) is 24.3 Å². The van der Waals surface area contributed by atoms with Crippen molar-refractivity contribution in [2.24, 2.45) is 16.5 Å². The van der Waals surface area contributed by atoms with Gasteiger partial charge in [0.2, 0.25) is 11.7 Å². The smallest absolute Gasteiger partial charge is 0.209 e. The number of aliphatic imine (C=N–C) groups is 1. The number of hydrogen-bond acceptors (Lipinski definition) is 8. The second-order valence-electron chi connectivity index (χ2n) is 5.63. The quantitative estimate of drug-likeness (QED) is 0.596. The van der Waals surface area contributed by atoms with Crippen LogP contribution in [0.2, 0.25) is 10.0 Å². The van der Waals surface area contributed by atoms with Crippen molar-refractivity contribution in [2.75, 3.05) is 6.26 Å². The molecule has 0 spiro atoms. The number of hydrazine groups is 1. The van der Waals surface area contributed by atoms with E-state index in [0.717, 1.165) is 6.26 Å². The maximum Gasteiger partial charge on any atom is 0.209 e. The average Bonchev–Trinajstić information content (AvgIpc) is 2.91. The Labute approximate surface area is 160 Å². The molecule has 0 bridgehead atoms. The van der Waals surface area contributed by atoms with E-state index in [9.17, 15) is 8.42 Å². The molecule has 0 aromatic heterocycles. The number of sulfone groups is 1. The van der Waals surface area contributed by atoms with Crippen LogP contribution in [0.1, 0.15) is 5.56 Å². The summed E-state index contributed by atoms with van der Waals surface area (Å²) in [6.07, 6.45) is 1.12. The molecule has 0 saturated heterocycles. The third-order valence-corrected chi connectivity index (χ3v) is 5.28. The molecule has 1 aliphatic heterocycles. The van der Waals surface area contributed by atoms with Gasteiger partial charge in [0.05, 0.1) is 14.9 Å². The third-order valence-electron chi connectivity index (χ3n) is 3.59. The first-order valence-corrected chi connectivity index (χ1v) is 9.88. The Morgan fingerprint density at radius 2 is 1.73 bits per heavy atom. The van der Waals surface area contributed by atoms with Crippen molar-refractivity contribution < 1.29 is 13.2 Å². The van der Waals surface area contributed by atoms with Crippen LogP contribution in [0.4, 0.5) is 0 Å². The van der Waals surface area contributed by atoms with E-state index in [0.29, 0.717) is 11.3 Å². The average molecular weight is 416 g/mol. The minimum absolute atomic E-state index is 0.131.